The Morgan fingerprint density at radius 2 is 2.05 bits per heavy atom. The van der Waals surface area contributed by atoms with Crippen molar-refractivity contribution < 1.29 is 9.53 Å². The Morgan fingerprint density at radius 3 is 2.73 bits per heavy atom. The number of carbonyl (C=O) groups excluding carboxylic acids is 1. The molecule has 0 radical (unpaired) electrons. The molecular weight excluding hydrogens is 276 g/mol. The van der Waals surface area contributed by atoms with Gasteiger partial charge in [0, 0.05) is 25.0 Å². The second-order valence-electron chi connectivity index (χ2n) is 6.57. The lowest BCUT2D eigenvalue weighted by Crippen LogP contribution is -2.44. The summed E-state index contributed by atoms with van der Waals surface area (Å²) in [6.45, 7) is 7.14. The predicted molar refractivity (Wildman–Crippen MR) is 86.4 cm³/mol. The van der Waals surface area contributed by atoms with Crippen LogP contribution in [0.3, 0.4) is 0 Å². The Labute approximate surface area is 132 Å². The third-order valence-electron chi connectivity index (χ3n) is 5.14. The molecule has 1 aromatic carbocycles. The van der Waals surface area contributed by atoms with Crippen LogP contribution in [-0.2, 0) is 16.1 Å². The minimum Gasteiger partial charge on any atom is -0.466 e. The second kappa shape index (κ2) is 6.80. The van der Waals surface area contributed by atoms with E-state index < -0.39 is 0 Å². The van der Waals surface area contributed by atoms with Crippen molar-refractivity contribution in [1.29, 1.82) is 0 Å². The smallest absolute Gasteiger partial charge is 0.310 e. The fourth-order valence-electron chi connectivity index (χ4n) is 4.03. The zero-order chi connectivity index (χ0) is 15.4. The maximum absolute atomic E-state index is 12.4. The minimum atomic E-state index is -0.0000355. The molecule has 1 N–H and O–H groups in total. The zero-order valence-corrected chi connectivity index (χ0v) is 13.4. The van der Waals surface area contributed by atoms with Crippen molar-refractivity contribution in [3.05, 3.63) is 35.9 Å². The molecule has 1 aromatic rings. The Bertz CT molecular complexity index is 497. The number of hydrogen-bond acceptors (Lipinski definition) is 4. The first kappa shape index (κ1) is 15.5. The van der Waals surface area contributed by atoms with Crippen LogP contribution in [-0.4, -0.2) is 43.7 Å². The summed E-state index contributed by atoms with van der Waals surface area (Å²) in [7, 11) is 0. The summed E-state index contributed by atoms with van der Waals surface area (Å²) in [6, 6.07) is 10.5. The number of piperidine rings is 1. The van der Waals surface area contributed by atoms with Crippen LogP contribution < -0.4 is 5.32 Å². The molecule has 0 bridgehead atoms. The first-order chi connectivity index (χ1) is 10.7. The maximum atomic E-state index is 12.4. The van der Waals surface area contributed by atoms with Gasteiger partial charge in [-0.15, -0.1) is 0 Å². The first-order valence-electron chi connectivity index (χ1n) is 8.37. The van der Waals surface area contributed by atoms with E-state index in [0.29, 0.717) is 6.61 Å². The van der Waals surface area contributed by atoms with E-state index in [-0.39, 0.29) is 17.3 Å². The molecule has 2 fully saturated rings. The summed E-state index contributed by atoms with van der Waals surface area (Å²) < 4.78 is 5.37. The van der Waals surface area contributed by atoms with E-state index in [9.17, 15) is 4.79 Å². The number of esters is 1. The third kappa shape index (κ3) is 3.18. The van der Waals surface area contributed by atoms with Crippen molar-refractivity contribution in [3.8, 4) is 0 Å². The summed E-state index contributed by atoms with van der Waals surface area (Å²) in [4.78, 5) is 14.9. The zero-order valence-electron chi connectivity index (χ0n) is 13.4. The molecule has 4 heteroatoms. The lowest BCUT2D eigenvalue weighted by Gasteiger charge is -2.37. The number of hydrogen-bond donors (Lipinski definition) is 1. The van der Waals surface area contributed by atoms with Gasteiger partial charge < -0.3 is 10.1 Å². The van der Waals surface area contributed by atoms with Crippen LogP contribution >= 0.6 is 0 Å². The van der Waals surface area contributed by atoms with Gasteiger partial charge in [-0.1, -0.05) is 30.3 Å². The average molecular weight is 302 g/mol. The Morgan fingerprint density at radius 1 is 1.32 bits per heavy atom. The summed E-state index contributed by atoms with van der Waals surface area (Å²) in [6.07, 6.45) is 2.14. The number of ether oxygens (including phenoxy) is 1. The van der Waals surface area contributed by atoms with E-state index in [1.807, 2.05) is 13.0 Å². The van der Waals surface area contributed by atoms with E-state index in [1.165, 1.54) is 5.56 Å². The second-order valence-corrected chi connectivity index (χ2v) is 6.57. The molecule has 3 rings (SSSR count). The molecule has 2 aliphatic heterocycles. The van der Waals surface area contributed by atoms with Crippen molar-refractivity contribution in [2.45, 2.75) is 26.3 Å². The Hall–Kier alpha value is -1.39. The van der Waals surface area contributed by atoms with Gasteiger partial charge in [0.1, 0.15) is 0 Å². The van der Waals surface area contributed by atoms with Gasteiger partial charge in [-0.25, -0.2) is 0 Å². The lowest BCUT2D eigenvalue weighted by atomic mass is 9.71. The van der Waals surface area contributed by atoms with Crippen molar-refractivity contribution in [3.63, 3.8) is 0 Å². The van der Waals surface area contributed by atoms with Crippen LogP contribution in [0.4, 0.5) is 0 Å². The summed E-state index contributed by atoms with van der Waals surface area (Å²) >= 11 is 0. The molecule has 0 aliphatic carbocycles. The van der Waals surface area contributed by atoms with Crippen LogP contribution in [0.1, 0.15) is 25.3 Å². The number of nitrogens with zero attached hydrogens (tertiary/aromatic N) is 1. The van der Waals surface area contributed by atoms with Gasteiger partial charge in [0.15, 0.2) is 0 Å². The van der Waals surface area contributed by atoms with Crippen molar-refractivity contribution in [2.24, 2.45) is 11.3 Å². The molecule has 2 aliphatic rings. The highest BCUT2D eigenvalue weighted by Crippen LogP contribution is 2.44. The maximum Gasteiger partial charge on any atom is 0.310 e. The Kier molecular flexibility index (Phi) is 4.79. The molecule has 1 atom stereocenters. The van der Waals surface area contributed by atoms with Crippen LogP contribution in [0.5, 0.6) is 0 Å². The molecule has 2 heterocycles. The fraction of sp³-hybridized carbons (Fsp3) is 0.611. The van der Waals surface area contributed by atoms with Gasteiger partial charge in [-0.2, -0.15) is 0 Å². The summed E-state index contributed by atoms with van der Waals surface area (Å²) in [5, 5.41) is 3.42. The number of carbonyl (C=O) groups is 1. The molecule has 1 unspecified atom stereocenters. The van der Waals surface area contributed by atoms with E-state index in [1.54, 1.807) is 0 Å². The largest absolute Gasteiger partial charge is 0.466 e. The highest BCUT2D eigenvalue weighted by atomic mass is 16.5. The third-order valence-corrected chi connectivity index (χ3v) is 5.14. The topological polar surface area (TPSA) is 41.6 Å². The van der Waals surface area contributed by atoms with Crippen LogP contribution in [0, 0.1) is 11.3 Å². The quantitative estimate of drug-likeness (QED) is 0.864. The normalized spacial score (nSPS) is 24.5. The van der Waals surface area contributed by atoms with E-state index >= 15 is 0 Å². The number of rotatable bonds is 4. The fourth-order valence-corrected chi connectivity index (χ4v) is 4.03. The highest BCUT2D eigenvalue weighted by molar-refractivity contribution is 5.74. The number of likely N-dealkylation sites (tertiary alicyclic amines) is 1. The van der Waals surface area contributed by atoms with Gasteiger partial charge >= 0.3 is 5.97 Å². The van der Waals surface area contributed by atoms with Crippen molar-refractivity contribution in [2.75, 3.05) is 32.8 Å². The Balaban J connectivity index is 1.74. The predicted octanol–water partition coefficient (Wildman–Crippen LogP) is 2.05. The van der Waals surface area contributed by atoms with Gasteiger partial charge in [-0.05, 0) is 38.4 Å². The van der Waals surface area contributed by atoms with Gasteiger partial charge in [-0.3, -0.25) is 9.69 Å². The molecule has 120 valence electrons. The van der Waals surface area contributed by atoms with Gasteiger partial charge in [0.05, 0.1) is 12.5 Å². The van der Waals surface area contributed by atoms with Gasteiger partial charge in [0.25, 0.3) is 0 Å². The van der Waals surface area contributed by atoms with E-state index in [2.05, 4.69) is 34.5 Å². The average Bonchev–Trinajstić information content (AvgIpc) is 2.87. The van der Waals surface area contributed by atoms with Crippen LogP contribution in [0.2, 0.25) is 0 Å². The van der Waals surface area contributed by atoms with Crippen molar-refractivity contribution in [1.82, 2.24) is 10.2 Å². The highest BCUT2D eigenvalue weighted by Gasteiger charge is 2.50. The molecule has 22 heavy (non-hydrogen) atoms. The minimum absolute atomic E-state index is 0.0000355. The summed E-state index contributed by atoms with van der Waals surface area (Å²) in [5.41, 5.74) is 1.42. The molecule has 0 saturated carbocycles. The number of nitrogens with one attached hydrogen (secondary N) is 1. The van der Waals surface area contributed by atoms with Crippen LogP contribution in [0.15, 0.2) is 30.3 Å². The first-order valence-corrected chi connectivity index (χ1v) is 8.37. The lowest BCUT2D eigenvalue weighted by molar-refractivity contribution is -0.151. The molecular formula is C18H26N2O2. The van der Waals surface area contributed by atoms with Gasteiger partial charge in [0.2, 0.25) is 0 Å². The molecule has 0 aromatic heterocycles. The van der Waals surface area contributed by atoms with Crippen LogP contribution in [0.25, 0.3) is 0 Å². The molecule has 4 nitrogen and oxygen atoms in total. The monoisotopic (exact) mass is 302 g/mol. The van der Waals surface area contributed by atoms with Crippen molar-refractivity contribution >= 4 is 5.97 Å². The SMILES string of the molecule is CCOC(=O)C1CN(Cc2ccccc2)CC12CCNCC2. The molecule has 1 spiro atoms. The van der Waals surface area contributed by atoms with E-state index in [0.717, 1.165) is 45.6 Å². The molecule has 0 amide bonds. The number of benzene rings is 1. The molecule has 2 saturated heterocycles. The summed E-state index contributed by atoms with van der Waals surface area (Å²) in [5.74, 6) is 0.0261. The van der Waals surface area contributed by atoms with E-state index in [4.69, 9.17) is 4.74 Å². The standard InChI is InChI=1S/C18H26N2O2/c1-2-22-17(21)16-13-20(12-15-6-4-3-5-7-15)14-18(16)8-10-19-11-9-18/h3-7,16,19H,2,8-14H2,1H3.